The summed E-state index contributed by atoms with van der Waals surface area (Å²) in [6, 6.07) is 10.8. The molecule has 4 heteroatoms. The molecular weight excluding hydrogens is 356 g/mol. The first kappa shape index (κ1) is 12.6. The smallest absolute Gasteiger partial charge is 0.335 e. The van der Waals surface area contributed by atoms with Gasteiger partial charge in [-0.3, -0.25) is 0 Å². The molecule has 15 heavy (non-hydrogen) atoms. The van der Waals surface area contributed by atoms with Gasteiger partial charge in [0.25, 0.3) is 0 Å². The van der Waals surface area contributed by atoms with Crippen LogP contribution in [0.15, 0.2) is 40.9 Å². The Bertz CT molecular complexity index is 511. The van der Waals surface area contributed by atoms with Crippen LogP contribution in [0.3, 0.4) is 0 Å². The van der Waals surface area contributed by atoms with Crippen LogP contribution in [0.1, 0.15) is 10.4 Å². The van der Waals surface area contributed by atoms with E-state index in [1.807, 2.05) is 24.3 Å². The molecule has 0 saturated carbocycles. The van der Waals surface area contributed by atoms with Gasteiger partial charge in [-0.15, -0.1) is 0 Å². The number of benzene rings is 2. The van der Waals surface area contributed by atoms with Crippen molar-refractivity contribution in [3.8, 4) is 0 Å². The first-order valence-corrected chi connectivity index (χ1v) is 4.89. The van der Waals surface area contributed by atoms with Gasteiger partial charge < -0.3 is 5.11 Å². The number of fused-ring (bicyclic) bond motifs is 1. The van der Waals surface area contributed by atoms with Crippen LogP contribution in [0.4, 0.5) is 0 Å². The van der Waals surface area contributed by atoms with Crippen molar-refractivity contribution in [3.63, 3.8) is 0 Å². The Hall–Kier alpha value is -0.428. The maximum absolute atomic E-state index is 10.7. The first-order chi connectivity index (χ1) is 6.68. The summed E-state index contributed by atoms with van der Waals surface area (Å²) in [5, 5.41) is 10.8. The van der Waals surface area contributed by atoms with Crippen LogP contribution in [0.5, 0.6) is 0 Å². The summed E-state index contributed by atoms with van der Waals surface area (Å²) in [5.74, 6) is -0.896. The zero-order valence-electron chi connectivity index (χ0n) is 7.90. The third-order valence-corrected chi connectivity index (χ3v) is 2.77. The molecule has 2 rings (SSSR count). The van der Waals surface area contributed by atoms with Gasteiger partial charge in [-0.1, -0.05) is 34.1 Å². The minimum Gasteiger partial charge on any atom is -0.478 e. The second-order valence-electron chi connectivity index (χ2n) is 2.98. The topological polar surface area (TPSA) is 37.3 Å². The Labute approximate surface area is 116 Å². The quantitative estimate of drug-likeness (QED) is 0.790. The van der Waals surface area contributed by atoms with E-state index in [1.54, 1.807) is 12.1 Å². The monoisotopic (exact) mass is 364 g/mol. The fraction of sp³-hybridized carbons (Fsp3) is 0. The van der Waals surface area contributed by atoms with Gasteiger partial charge in [0.05, 0.1) is 5.56 Å². The van der Waals surface area contributed by atoms with Crippen LogP contribution < -0.4 is 0 Å². The molecule has 0 aliphatic rings. The normalized spacial score (nSPS) is 9.67. The van der Waals surface area contributed by atoms with E-state index < -0.39 is 5.97 Å². The zero-order valence-corrected chi connectivity index (χ0v) is 13.5. The standard InChI is InChI=1S/C11H7BrO2.Cd/c12-10-3-1-2-7-6-8(11(13)14)4-5-9(7)10;/h1-6H,(H,13,14);. The molecule has 0 radical (unpaired) electrons. The SMILES string of the molecule is O=C(O)c1ccc2c(Br)cccc2c1.[Cd]. The van der Waals surface area contributed by atoms with Crippen molar-refractivity contribution in [2.75, 3.05) is 0 Å². The van der Waals surface area contributed by atoms with E-state index in [1.165, 1.54) is 0 Å². The molecule has 72 valence electrons. The average Bonchev–Trinajstić information content (AvgIpc) is 2.17. The minimum atomic E-state index is -0.896. The summed E-state index contributed by atoms with van der Waals surface area (Å²) in [6.07, 6.45) is 0. The van der Waals surface area contributed by atoms with Crippen molar-refractivity contribution in [3.05, 3.63) is 46.4 Å². The molecule has 0 spiro atoms. The van der Waals surface area contributed by atoms with Gasteiger partial charge in [0.2, 0.25) is 0 Å². The second kappa shape index (κ2) is 5.07. The van der Waals surface area contributed by atoms with Crippen molar-refractivity contribution in [2.45, 2.75) is 0 Å². The number of carboxylic acids is 1. The molecule has 0 heterocycles. The third-order valence-electron chi connectivity index (χ3n) is 2.07. The van der Waals surface area contributed by atoms with Crippen molar-refractivity contribution in [1.29, 1.82) is 0 Å². The maximum atomic E-state index is 10.7. The molecular formula is C11H7BrCdO2. The van der Waals surface area contributed by atoms with Crippen LogP contribution in [-0.2, 0) is 27.3 Å². The van der Waals surface area contributed by atoms with Crippen molar-refractivity contribution >= 4 is 32.7 Å². The van der Waals surface area contributed by atoms with Gasteiger partial charge in [0, 0.05) is 31.8 Å². The first-order valence-electron chi connectivity index (χ1n) is 4.10. The van der Waals surface area contributed by atoms with Crippen molar-refractivity contribution in [2.24, 2.45) is 0 Å². The molecule has 0 unspecified atom stereocenters. The number of halogens is 1. The van der Waals surface area contributed by atoms with Crippen LogP contribution in [0.2, 0.25) is 0 Å². The Morgan fingerprint density at radius 2 is 1.93 bits per heavy atom. The number of carbonyl (C=O) groups is 1. The van der Waals surface area contributed by atoms with Gasteiger partial charge in [-0.05, 0) is 29.0 Å². The zero-order chi connectivity index (χ0) is 10.1. The van der Waals surface area contributed by atoms with E-state index in [0.29, 0.717) is 5.56 Å². The van der Waals surface area contributed by atoms with E-state index in [4.69, 9.17) is 5.11 Å². The molecule has 0 aliphatic carbocycles. The number of carboxylic acid groups (broad SMARTS) is 1. The number of aromatic carboxylic acids is 1. The molecule has 0 saturated heterocycles. The van der Waals surface area contributed by atoms with Crippen LogP contribution in [-0.4, -0.2) is 11.1 Å². The van der Waals surface area contributed by atoms with E-state index in [9.17, 15) is 4.79 Å². The van der Waals surface area contributed by atoms with E-state index in [0.717, 1.165) is 15.2 Å². The largest absolute Gasteiger partial charge is 0.478 e. The molecule has 1 N–H and O–H groups in total. The number of hydrogen-bond acceptors (Lipinski definition) is 1. The molecule has 0 aliphatic heterocycles. The van der Waals surface area contributed by atoms with Gasteiger partial charge >= 0.3 is 5.97 Å². The summed E-state index contributed by atoms with van der Waals surface area (Å²) in [5.41, 5.74) is 0.315. The van der Waals surface area contributed by atoms with Crippen LogP contribution in [0.25, 0.3) is 10.8 Å². The number of hydrogen-bond donors (Lipinski definition) is 1. The summed E-state index contributed by atoms with van der Waals surface area (Å²) < 4.78 is 0.979. The Balaban J connectivity index is 0.00000112. The minimum absolute atomic E-state index is 0. The Morgan fingerprint density at radius 1 is 1.20 bits per heavy atom. The summed E-state index contributed by atoms with van der Waals surface area (Å²) in [4.78, 5) is 10.7. The second-order valence-corrected chi connectivity index (χ2v) is 3.84. The van der Waals surface area contributed by atoms with Crippen molar-refractivity contribution < 1.29 is 37.2 Å². The summed E-state index contributed by atoms with van der Waals surface area (Å²) in [7, 11) is 0. The molecule has 2 aromatic carbocycles. The predicted molar refractivity (Wildman–Crippen MR) is 58.6 cm³/mol. The van der Waals surface area contributed by atoms with E-state index >= 15 is 0 Å². The molecule has 2 nitrogen and oxygen atoms in total. The Kier molecular flexibility index (Phi) is 4.27. The van der Waals surface area contributed by atoms with E-state index in [-0.39, 0.29) is 27.3 Å². The van der Waals surface area contributed by atoms with Gasteiger partial charge in [0.1, 0.15) is 0 Å². The molecule has 0 atom stereocenters. The molecule has 0 fully saturated rings. The number of rotatable bonds is 1. The summed E-state index contributed by atoms with van der Waals surface area (Å²) >= 11 is 3.41. The predicted octanol–water partition coefficient (Wildman–Crippen LogP) is 3.30. The average molecular weight is 363 g/mol. The van der Waals surface area contributed by atoms with Crippen LogP contribution >= 0.6 is 15.9 Å². The molecule has 0 amide bonds. The van der Waals surface area contributed by atoms with E-state index in [2.05, 4.69) is 15.9 Å². The molecule has 2 aromatic rings. The maximum Gasteiger partial charge on any atom is 0.335 e. The Morgan fingerprint density at radius 3 is 2.60 bits per heavy atom. The summed E-state index contributed by atoms with van der Waals surface area (Å²) in [6.45, 7) is 0. The van der Waals surface area contributed by atoms with Gasteiger partial charge in [-0.2, -0.15) is 0 Å². The van der Waals surface area contributed by atoms with Gasteiger partial charge in [-0.25, -0.2) is 4.79 Å². The van der Waals surface area contributed by atoms with Gasteiger partial charge in [0.15, 0.2) is 0 Å². The van der Waals surface area contributed by atoms with Crippen LogP contribution in [0, 0.1) is 0 Å². The fourth-order valence-electron chi connectivity index (χ4n) is 1.38. The third kappa shape index (κ3) is 2.57. The van der Waals surface area contributed by atoms with Crippen molar-refractivity contribution in [1.82, 2.24) is 0 Å². The molecule has 0 bridgehead atoms. The fourth-order valence-corrected chi connectivity index (χ4v) is 1.89. The molecule has 0 aromatic heterocycles.